The number of ether oxygens (including phenoxy) is 1. The summed E-state index contributed by atoms with van der Waals surface area (Å²) >= 11 is 0. The number of aromatic nitrogens is 2. The van der Waals surface area contributed by atoms with E-state index in [0.717, 1.165) is 4.68 Å². The molecule has 0 aliphatic carbocycles. The first kappa shape index (κ1) is 19.1. The Kier molecular flexibility index (Phi) is 4.63. The van der Waals surface area contributed by atoms with Crippen molar-refractivity contribution < 1.29 is 14.1 Å². The largest absolute Gasteiger partial charge is 0.497 e. The first-order valence-electron chi connectivity index (χ1n) is 8.81. The summed E-state index contributed by atoms with van der Waals surface area (Å²) in [4.78, 5) is 23.7. The van der Waals surface area contributed by atoms with Crippen LogP contribution in [0.5, 0.6) is 5.75 Å². The minimum atomic E-state index is -0.846. The van der Waals surface area contributed by atoms with E-state index in [2.05, 4.69) is 5.10 Å². The minimum Gasteiger partial charge on any atom is -0.497 e. The van der Waals surface area contributed by atoms with E-state index in [4.69, 9.17) is 10.5 Å². The Morgan fingerprint density at radius 1 is 1.10 bits per heavy atom. The predicted molar refractivity (Wildman–Crippen MR) is 110 cm³/mol. The van der Waals surface area contributed by atoms with Crippen LogP contribution in [0.3, 0.4) is 0 Å². The quantitative estimate of drug-likeness (QED) is 0.314. The average Bonchev–Trinajstić information content (AvgIpc) is 2.76. The summed E-state index contributed by atoms with van der Waals surface area (Å²) in [6.07, 6.45) is 0. The van der Waals surface area contributed by atoms with Gasteiger partial charge < -0.3 is 10.5 Å². The highest BCUT2D eigenvalue weighted by Gasteiger charge is 2.18. The number of hydrogen-bond acceptors (Lipinski definition) is 6. The normalized spacial score (nSPS) is 10.9. The SMILES string of the molecule is COc1ccc2c(=O)n(-c3ccccc3-c3ccc(N)c([N+](=O)[O-])c3)nc(F)c2c1. The molecule has 0 bridgehead atoms. The van der Waals surface area contributed by atoms with Gasteiger partial charge in [0.15, 0.2) is 0 Å². The number of fused-ring (bicyclic) bond motifs is 1. The molecule has 1 aromatic heterocycles. The van der Waals surface area contributed by atoms with Gasteiger partial charge in [0.2, 0.25) is 5.95 Å². The van der Waals surface area contributed by atoms with Gasteiger partial charge >= 0.3 is 0 Å². The molecule has 0 saturated carbocycles. The molecule has 0 fully saturated rings. The molecule has 4 rings (SSSR count). The van der Waals surface area contributed by atoms with Crippen LogP contribution in [0.2, 0.25) is 0 Å². The van der Waals surface area contributed by atoms with Crippen LogP contribution >= 0.6 is 0 Å². The second-order valence-corrected chi connectivity index (χ2v) is 6.47. The maximum absolute atomic E-state index is 14.8. The fraction of sp³-hybridized carbons (Fsp3) is 0.0476. The second kappa shape index (κ2) is 7.28. The van der Waals surface area contributed by atoms with Crippen LogP contribution in [0, 0.1) is 16.1 Å². The lowest BCUT2D eigenvalue weighted by molar-refractivity contribution is -0.383. The van der Waals surface area contributed by atoms with Crippen LogP contribution in [0.1, 0.15) is 0 Å². The number of benzene rings is 3. The Morgan fingerprint density at radius 3 is 2.60 bits per heavy atom. The molecule has 30 heavy (non-hydrogen) atoms. The third-order valence-corrected chi connectivity index (χ3v) is 4.73. The zero-order chi connectivity index (χ0) is 21.4. The lowest BCUT2D eigenvalue weighted by Gasteiger charge is -2.13. The third-order valence-electron chi connectivity index (χ3n) is 4.73. The zero-order valence-corrected chi connectivity index (χ0v) is 15.7. The van der Waals surface area contributed by atoms with Gasteiger partial charge in [-0.05, 0) is 35.9 Å². The molecule has 0 aliphatic rings. The lowest BCUT2D eigenvalue weighted by Crippen LogP contribution is -2.23. The topological polar surface area (TPSA) is 113 Å². The van der Waals surface area contributed by atoms with E-state index in [1.54, 1.807) is 36.4 Å². The summed E-state index contributed by atoms with van der Waals surface area (Å²) in [6.45, 7) is 0. The molecule has 0 spiro atoms. The van der Waals surface area contributed by atoms with Crippen molar-refractivity contribution in [2.45, 2.75) is 0 Å². The van der Waals surface area contributed by atoms with E-state index < -0.39 is 16.4 Å². The molecule has 0 atom stereocenters. The molecule has 8 nitrogen and oxygen atoms in total. The maximum Gasteiger partial charge on any atom is 0.292 e. The number of rotatable bonds is 4. The monoisotopic (exact) mass is 406 g/mol. The molecule has 0 saturated heterocycles. The minimum absolute atomic E-state index is 0.0159. The number of nitrogen functional groups attached to an aromatic ring is 1. The Morgan fingerprint density at radius 2 is 1.87 bits per heavy atom. The van der Waals surface area contributed by atoms with Crippen LogP contribution in [-0.4, -0.2) is 21.8 Å². The van der Waals surface area contributed by atoms with Gasteiger partial charge in [0.1, 0.15) is 11.4 Å². The van der Waals surface area contributed by atoms with Crippen molar-refractivity contribution in [1.82, 2.24) is 9.78 Å². The lowest BCUT2D eigenvalue weighted by atomic mass is 10.0. The Balaban J connectivity index is 1.97. The molecule has 4 aromatic rings. The number of hydrogen-bond donors (Lipinski definition) is 1. The van der Waals surface area contributed by atoms with Crippen LogP contribution in [0.4, 0.5) is 15.8 Å². The van der Waals surface area contributed by atoms with Gasteiger partial charge in [-0.1, -0.05) is 24.3 Å². The first-order valence-corrected chi connectivity index (χ1v) is 8.81. The van der Waals surface area contributed by atoms with Gasteiger partial charge in [-0.2, -0.15) is 9.07 Å². The average molecular weight is 406 g/mol. The highest BCUT2D eigenvalue weighted by atomic mass is 19.1. The van der Waals surface area contributed by atoms with E-state index in [9.17, 15) is 19.3 Å². The second-order valence-electron chi connectivity index (χ2n) is 6.47. The maximum atomic E-state index is 14.8. The summed E-state index contributed by atoms with van der Waals surface area (Å²) in [5.41, 5.74) is 6.07. The van der Waals surface area contributed by atoms with Crippen LogP contribution in [0.15, 0.2) is 65.5 Å². The van der Waals surface area contributed by atoms with Crippen molar-refractivity contribution in [3.05, 3.63) is 87.1 Å². The smallest absolute Gasteiger partial charge is 0.292 e. The van der Waals surface area contributed by atoms with Crippen LogP contribution in [-0.2, 0) is 0 Å². The van der Waals surface area contributed by atoms with Crippen molar-refractivity contribution >= 4 is 22.1 Å². The van der Waals surface area contributed by atoms with E-state index >= 15 is 0 Å². The Hall–Kier alpha value is -4.27. The molecule has 0 amide bonds. The third kappa shape index (κ3) is 3.12. The molecule has 0 unspecified atom stereocenters. The molecule has 9 heteroatoms. The number of anilines is 1. The van der Waals surface area contributed by atoms with Crippen molar-refractivity contribution in [3.8, 4) is 22.6 Å². The number of para-hydroxylation sites is 1. The van der Waals surface area contributed by atoms with E-state index in [0.29, 0.717) is 16.9 Å². The number of methoxy groups -OCH3 is 1. The molecule has 150 valence electrons. The summed E-state index contributed by atoms with van der Waals surface area (Å²) in [5.74, 6) is -0.448. The van der Waals surface area contributed by atoms with Crippen molar-refractivity contribution in [2.75, 3.05) is 12.8 Å². The van der Waals surface area contributed by atoms with Crippen molar-refractivity contribution in [2.24, 2.45) is 0 Å². The molecular formula is C21H15FN4O4. The van der Waals surface area contributed by atoms with Gasteiger partial charge in [0.25, 0.3) is 11.2 Å². The Labute approximate surface area is 169 Å². The molecule has 0 aliphatic heterocycles. The molecule has 0 radical (unpaired) electrons. The standard InChI is InChI=1S/C21H15FN4O4/c1-30-13-7-8-15-16(11-13)20(22)24-25(21(15)27)18-5-3-2-4-14(18)12-6-9-17(23)19(10-12)26(28)29/h2-11H,23H2,1H3. The molecular weight excluding hydrogens is 391 g/mol. The first-order chi connectivity index (χ1) is 14.4. The predicted octanol–water partition coefficient (Wildman–Crippen LogP) is 3.69. The summed E-state index contributed by atoms with van der Waals surface area (Å²) in [7, 11) is 1.44. The zero-order valence-electron chi connectivity index (χ0n) is 15.7. The number of halogens is 1. The van der Waals surface area contributed by atoms with E-state index in [1.165, 1.54) is 31.4 Å². The number of nitrogens with zero attached hydrogens (tertiary/aromatic N) is 3. The number of nitrogens with two attached hydrogens (primary N) is 1. The highest BCUT2D eigenvalue weighted by Crippen LogP contribution is 2.32. The summed E-state index contributed by atoms with van der Waals surface area (Å²) in [6, 6.07) is 15.3. The summed E-state index contributed by atoms with van der Waals surface area (Å²) < 4.78 is 20.8. The van der Waals surface area contributed by atoms with E-state index in [1.807, 2.05) is 0 Å². The highest BCUT2D eigenvalue weighted by molar-refractivity contribution is 5.84. The number of nitro groups is 1. The molecule has 1 heterocycles. The molecule has 2 N–H and O–H groups in total. The fourth-order valence-corrected chi connectivity index (χ4v) is 3.24. The van der Waals surface area contributed by atoms with E-state index in [-0.39, 0.29) is 27.8 Å². The van der Waals surface area contributed by atoms with Crippen LogP contribution in [0.25, 0.3) is 27.6 Å². The van der Waals surface area contributed by atoms with Crippen LogP contribution < -0.4 is 16.0 Å². The van der Waals surface area contributed by atoms with Gasteiger partial charge in [-0.15, -0.1) is 5.10 Å². The van der Waals surface area contributed by atoms with Crippen molar-refractivity contribution in [1.29, 1.82) is 0 Å². The van der Waals surface area contributed by atoms with Gasteiger partial charge in [0, 0.05) is 17.0 Å². The molecule has 3 aromatic carbocycles. The van der Waals surface area contributed by atoms with Gasteiger partial charge in [0.05, 0.1) is 23.1 Å². The number of nitro benzene ring substituents is 1. The summed E-state index contributed by atoms with van der Waals surface area (Å²) in [5, 5.41) is 15.3. The fourth-order valence-electron chi connectivity index (χ4n) is 3.24. The van der Waals surface area contributed by atoms with Gasteiger partial charge in [-0.3, -0.25) is 14.9 Å². The van der Waals surface area contributed by atoms with Gasteiger partial charge in [-0.25, -0.2) is 0 Å². The Bertz CT molecular complexity index is 1370. The van der Waals surface area contributed by atoms with Crippen molar-refractivity contribution in [3.63, 3.8) is 0 Å².